The van der Waals surface area contributed by atoms with Gasteiger partial charge in [0.25, 0.3) is 0 Å². The van der Waals surface area contributed by atoms with Gasteiger partial charge < -0.3 is 15.7 Å². The van der Waals surface area contributed by atoms with Gasteiger partial charge in [0.15, 0.2) is 5.84 Å². The fourth-order valence-electron chi connectivity index (χ4n) is 0.894. The van der Waals surface area contributed by atoms with E-state index in [1.165, 1.54) is 6.20 Å². The fraction of sp³-hybridized carbons (Fsp3) is 0.500. The van der Waals surface area contributed by atoms with Crippen LogP contribution in [0.2, 0.25) is 0 Å². The predicted octanol–water partition coefficient (Wildman–Crippen LogP) is 0.994. The third kappa shape index (κ3) is 3.08. The van der Waals surface area contributed by atoms with Gasteiger partial charge in [-0.2, -0.15) is 4.98 Å². The van der Waals surface area contributed by atoms with Crippen molar-refractivity contribution in [1.29, 1.82) is 0 Å². The van der Waals surface area contributed by atoms with E-state index in [2.05, 4.69) is 15.1 Å². The minimum atomic E-state index is -0.0653. The highest BCUT2D eigenvalue weighted by Gasteiger charge is 2.11. The van der Waals surface area contributed by atoms with Gasteiger partial charge in [0, 0.05) is 6.20 Å². The minimum Gasteiger partial charge on any atom is -0.460 e. The van der Waals surface area contributed by atoms with E-state index in [4.69, 9.17) is 15.7 Å². The van der Waals surface area contributed by atoms with E-state index in [0.29, 0.717) is 11.6 Å². The van der Waals surface area contributed by atoms with Crippen molar-refractivity contribution in [3.8, 4) is 6.01 Å². The van der Waals surface area contributed by atoms with Gasteiger partial charge in [-0.25, -0.2) is 4.98 Å². The van der Waals surface area contributed by atoms with Crippen LogP contribution in [0.15, 0.2) is 17.4 Å². The number of amidine groups is 1. The van der Waals surface area contributed by atoms with Crippen molar-refractivity contribution in [2.24, 2.45) is 16.8 Å². The molecule has 88 valence electrons. The predicted molar refractivity (Wildman–Crippen MR) is 59.5 cm³/mol. The Morgan fingerprint density at radius 1 is 1.50 bits per heavy atom. The number of nitrogens with zero attached hydrogens (tertiary/aromatic N) is 3. The zero-order chi connectivity index (χ0) is 12.1. The summed E-state index contributed by atoms with van der Waals surface area (Å²) in [6, 6.07) is 1.77. The van der Waals surface area contributed by atoms with E-state index in [0.717, 1.165) is 0 Å². The van der Waals surface area contributed by atoms with Crippen molar-refractivity contribution in [2.75, 3.05) is 0 Å². The van der Waals surface area contributed by atoms with Crippen molar-refractivity contribution in [3.05, 3.63) is 18.0 Å². The second kappa shape index (κ2) is 5.29. The third-order valence-corrected chi connectivity index (χ3v) is 2.23. The van der Waals surface area contributed by atoms with Crippen molar-refractivity contribution in [1.82, 2.24) is 9.97 Å². The summed E-state index contributed by atoms with van der Waals surface area (Å²) < 4.78 is 5.50. The van der Waals surface area contributed by atoms with Gasteiger partial charge in [0.05, 0.1) is 0 Å². The Labute approximate surface area is 94.2 Å². The summed E-state index contributed by atoms with van der Waals surface area (Å²) in [6.07, 6.45) is 1.51. The second-order valence-electron chi connectivity index (χ2n) is 3.78. The van der Waals surface area contributed by atoms with E-state index < -0.39 is 0 Å². The molecule has 0 radical (unpaired) electrons. The van der Waals surface area contributed by atoms with Crippen molar-refractivity contribution < 1.29 is 9.94 Å². The molecule has 1 unspecified atom stereocenters. The van der Waals surface area contributed by atoms with Crippen LogP contribution < -0.4 is 10.5 Å². The van der Waals surface area contributed by atoms with E-state index in [1.54, 1.807) is 6.07 Å². The average molecular weight is 224 g/mol. The van der Waals surface area contributed by atoms with E-state index in [9.17, 15) is 0 Å². The minimum absolute atomic E-state index is 0.00235. The first-order valence-corrected chi connectivity index (χ1v) is 5.02. The lowest BCUT2D eigenvalue weighted by atomic mass is 10.1. The Morgan fingerprint density at radius 2 is 2.19 bits per heavy atom. The second-order valence-corrected chi connectivity index (χ2v) is 3.78. The summed E-state index contributed by atoms with van der Waals surface area (Å²) >= 11 is 0. The smallest absolute Gasteiger partial charge is 0.317 e. The van der Waals surface area contributed by atoms with Crippen LogP contribution in [0, 0.1) is 5.92 Å². The molecule has 1 atom stereocenters. The van der Waals surface area contributed by atoms with Gasteiger partial charge >= 0.3 is 6.01 Å². The lowest BCUT2D eigenvalue weighted by molar-refractivity contribution is 0.155. The van der Waals surface area contributed by atoms with Crippen LogP contribution in [-0.2, 0) is 0 Å². The first-order chi connectivity index (χ1) is 7.54. The highest BCUT2D eigenvalue weighted by atomic mass is 16.5. The maximum Gasteiger partial charge on any atom is 0.317 e. The van der Waals surface area contributed by atoms with Gasteiger partial charge in [-0.15, -0.1) is 0 Å². The Balaban J connectivity index is 2.83. The van der Waals surface area contributed by atoms with Crippen LogP contribution in [-0.4, -0.2) is 27.1 Å². The molecule has 0 aliphatic carbocycles. The fourth-order valence-corrected chi connectivity index (χ4v) is 0.894. The van der Waals surface area contributed by atoms with Gasteiger partial charge in [-0.3, -0.25) is 0 Å². The number of aromatic nitrogens is 2. The van der Waals surface area contributed by atoms with Crippen LogP contribution in [0.4, 0.5) is 0 Å². The molecule has 0 fully saturated rings. The SMILES string of the molecule is CC(C)C(C)Oc1nccc(/C(N)=N/O)n1. The van der Waals surface area contributed by atoms with E-state index >= 15 is 0 Å². The van der Waals surface area contributed by atoms with Crippen molar-refractivity contribution in [3.63, 3.8) is 0 Å². The summed E-state index contributed by atoms with van der Waals surface area (Å²) in [4.78, 5) is 7.97. The monoisotopic (exact) mass is 224 g/mol. The molecule has 3 N–H and O–H groups in total. The molecule has 1 heterocycles. The molecule has 6 nitrogen and oxygen atoms in total. The van der Waals surface area contributed by atoms with E-state index in [1.807, 2.05) is 20.8 Å². The first kappa shape index (κ1) is 12.2. The number of ether oxygens (including phenoxy) is 1. The van der Waals surface area contributed by atoms with Gasteiger partial charge in [-0.05, 0) is 18.9 Å². The summed E-state index contributed by atoms with van der Waals surface area (Å²) in [6.45, 7) is 6.01. The maximum atomic E-state index is 8.51. The van der Waals surface area contributed by atoms with Gasteiger partial charge in [0.1, 0.15) is 11.8 Å². The zero-order valence-electron chi connectivity index (χ0n) is 9.58. The quantitative estimate of drug-likeness (QED) is 0.344. The zero-order valence-corrected chi connectivity index (χ0v) is 9.58. The molecule has 0 bridgehead atoms. The van der Waals surface area contributed by atoms with Crippen molar-refractivity contribution in [2.45, 2.75) is 26.9 Å². The largest absolute Gasteiger partial charge is 0.460 e. The molecule has 0 aliphatic heterocycles. The van der Waals surface area contributed by atoms with Crippen LogP contribution in [0.25, 0.3) is 0 Å². The van der Waals surface area contributed by atoms with Crippen molar-refractivity contribution >= 4 is 5.84 Å². The average Bonchev–Trinajstić information content (AvgIpc) is 2.28. The van der Waals surface area contributed by atoms with Crippen LogP contribution in [0.5, 0.6) is 6.01 Å². The Morgan fingerprint density at radius 3 is 2.75 bits per heavy atom. The molecule has 0 spiro atoms. The van der Waals surface area contributed by atoms with Gasteiger partial charge in [-0.1, -0.05) is 19.0 Å². The number of oxime groups is 1. The molecule has 1 aromatic rings. The highest BCUT2D eigenvalue weighted by Crippen LogP contribution is 2.10. The molecule has 0 aliphatic rings. The first-order valence-electron chi connectivity index (χ1n) is 5.02. The summed E-state index contributed by atoms with van der Waals surface area (Å²) in [5.41, 5.74) is 5.74. The molecule has 6 heteroatoms. The van der Waals surface area contributed by atoms with Crippen LogP contribution >= 0.6 is 0 Å². The number of hydrogen-bond donors (Lipinski definition) is 2. The van der Waals surface area contributed by atoms with Crippen LogP contribution in [0.1, 0.15) is 26.5 Å². The molecular formula is C10H16N4O2. The lowest BCUT2D eigenvalue weighted by Crippen LogP contribution is -2.21. The Kier molecular flexibility index (Phi) is 4.04. The normalized spacial score (nSPS) is 13.9. The van der Waals surface area contributed by atoms with Gasteiger partial charge in [0.2, 0.25) is 0 Å². The maximum absolute atomic E-state index is 8.51. The molecule has 0 saturated heterocycles. The van der Waals surface area contributed by atoms with Crippen LogP contribution in [0.3, 0.4) is 0 Å². The Bertz CT molecular complexity index is 379. The summed E-state index contributed by atoms with van der Waals surface area (Å²) in [5, 5.41) is 11.4. The number of hydrogen-bond acceptors (Lipinski definition) is 5. The molecule has 1 aromatic heterocycles. The summed E-state index contributed by atoms with van der Waals surface area (Å²) in [5.74, 6) is 0.292. The summed E-state index contributed by atoms with van der Waals surface area (Å²) in [7, 11) is 0. The third-order valence-electron chi connectivity index (χ3n) is 2.23. The number of nitrogens with two attached hydrogens (primary N) is 1. The topological polar surface area (TPSA) is 93.6 Å². The molecule has 16 heavy (non-hydrogen) atoms. The Hall–Kier alpha value is -1.85. The molecular weight excluding hydrogens is 208 g/mol. The van der Waals surface area contributed by atoms with E-state index in [-0.39, 0.29) is 18.0 Å². The number of rotatable bonds is 4. The lowest BCUT2D eigenvalue weighted by Gasteiger charge is -2.16. The highest BCUT2D eigenvalue weighted by molar-refractivity contribution is 5.95. The molecule has 0 saturated carbocycles. The molecule has 0 amide bonds. The molecule has 0 aromatic carbocycles. The standard InChI is InChI=1S/C10H16N4O2/c1-6(2)7(3)16-10-12-5-4-8(13-10)9(11)14-15/h4-7,15H,1-3H3,(H2,11,14). The molecule has 1 rings (SSSR count).